The molecule has 0 spiro atoms. The van der Waals surface area contributed by atoms with Crippen LogP contribution in [0, 0.1) is 17.6 Å². The summed E-state index contributed by atoms with van der Waals surface area (Å²) in [5.41, 5.74) is 0.408. The molecule has 0 N–H and O–H groups in total. The normalized spacial score (nSPS) is 16.7. The van der Waals surface area contributed by atoms with Crippen molar-refractivity contribution in [3.63, 3.8) is 0 Å². The third-order valence-corrected chi connectivity index (χ3v) is 8.63. The predicted octanol–water partition coefficient (Wildman–Crippen LogP) is 4.16. The molecule has 0 aliphatic carbocycles. The second kappa shape index (κ2) is 8.84. The maximum atomic E-state index is 14.3. The maximum absolute atomic E-state index is 14.3. The first-order chi connectivity index (χ1) is 15.2. The van der Waals surface area contributed by atoms with Gasteiger partial charge in [0.15, 0.2) is 10.6 Å². The van der Waals surface area contributed by atoms with Crippen LogP contribution in [-0.2, 0) is 16.6 Å². The summed E-state index contributed by atoms with van der Waals surface area (Å²) in [6.45, 7) is 5.20. The number of sulfonamides is 1. The second-order valence-electron chi connectivity index (χ2n) is 7.89. The summed E-state index contributed by atoms with van der Waals surface area (Å²) in [6, 6.07) is 7.67. The van der Waals surface area contributed by atoms with Gasteiger partial charge in [-0.25, -0.2) is 17.2 Å². The van der Waals surface area contributed by atoms with Crippen LogP contribution in [0.1, 0.15) is 37.0 Å². The fourth-order valence-corrected chi connectivity index (χ4v) is 6.40. The van der Waals surface area contributed by atoms with E-state index in [4.69, 9.17) is 0 Å². The molecule has 1 saturated heterocycles. The van der Waals surface area contributed by atoms with E-state index < -0.39 is 27.6 Å². The average molecular weight is 480 g/mol. The van der Waals surface area contributed by atoms with Gasteiger partial charge in [-0.1, -0.05) is 18.3 Å². The number of rotatable bonds is 4. The number of fused-ring (bicyclic) bond motifs is 1. The van der Waals surface area contributed by atoms with E-state index >= 15 is 0 Å². The third-order valence-electron chi connectivity index (χ3n) is 5.69. The Labute approximate surface area is 188 Å². The molecule has 0 atom stereocenters. The quantitative estimate of drug-likeness (QED) is 0.564. The Hall–Kier alpha value is -2.43. The molecule has 170 valence electrons. The minimum absolute atomic E-state index is 0.131. The average Bonchev–Trinajstić information content (AvgIpc) is 3.11. The van der Waals surface area contributed by atoms with Crippen LogP contribution in [0.4, 0.5) is 8.78 Å². The summed E-state index contributed by atoms with van der Waals surface area (Å²) in [6.07, 6.45) is 1.65. The van der Waals surface area contributed by atoms with Crippen molar-refractivity contribution in [3.8, 4) is 0 Å². The number of nitrogens with zero attached hydrogens (tertiary/aromatic N) is 3. The van der Waals surface area contributed by atoms with Crippen LogP contribution in [0.3, 0.4) is 0 Å². The Balaban J connectivity index is 1.64. The first-order valence-electron chi connectivity index (χ1n) is 10.4. The first-order valence-corrected chi connectivity index (χ1v) is 12.6. The highest BCUT2D eigenvalue weighted by molar-refractivity contribution is 7.89. The van der Waals surface area contributed by atoms with Gasteiger partial charge in [0.05, 0.1) is 15.1 Å². The van der Waals surface area contributed by atoms with E-state index in [1.165, 1.54) is 39.2 Å². The molecule has 0 bridgehead atoms. The zero-order valence-corrected chi connectivity index (χ0v) is 19.3. The Morgan fingerprint density at radius 3 is 2.44 bits per heavy atom. The van der Waals surface area contributed by atoms with Crippen molar-refractivity contribution in [1.29, 1.82) is 0 Å². The van der Waals surface area contributed by atoms with Crippen LogP contribution in [-0.4, -0.2) is 36.3 Å². The summed E-state index contributed by atoms with van der Waals surface area (Å²) in [7, 11) is -3.61. The minimum Gasteiger partial charge on any atom is -0.314 e. The van der Waals surface area contributed by atoms with Gasteiger partial charge in [-0.15, -0.1) is 0 Å². The molecule has 1 aliphatic rings. The Morgan fingerprint density at radius 1 is 1.16 bits per heavy atom. The van der Waals surface area contributed by atoms with Crippen molar-refractivity contribution in [3.05, 3.63) is 58.4 Å². The largest absolute Gasteiger partial charge is 0.314 e. The summed E-state index contributed by atoms with van der Waals surface area (Å²) in [4.78, 5) is 17.2. The lowest BCUT2D eigenvalue weighted by Gasteiger charge is -2.29. The van der Waals surface area contributed by atoms with Crippen LogP contribution >= 0.6 is 11.3 Å². The molecule has 1 aliphatic heterocycles. The standard InChI is InChI=1S/C22H23F2N3O3S2/c1-3-27-20-18(24)12-16(23)13-19(20)31-22(27)25-21(28)15-4-6-17(7-5-15)32(29,30)26-10-8-14(2)9-11-26/h4-7,12-14H,3,8-11H2,1-2H3. The van der Waals surface area contributed by atoms with E-state index in [2.05, 4.69) is 11.9 Å². The van der Waals surface area contributed by atoms with Gasteiger partial charge in [-0.2, -0.15) is 9.30 Å². The lowest BCUT2D eigenvalue weighted by atomic mass is 10.0. The molecule has 2 heterocycles. The molecule has 3 aromatic rings. The monoisotopic (exact) mass is 479 g/mol. The number of aromatic nitrogens is 1. The van der Waals surface area contributed by atoms with E-state index in [0.29, 0.717) is 30.3 Å². The summed E-state index contributed by atoms with van der Waals surface area (Å²) < 4.78 is 56.9. The highest BCUT2D eigenvalue weighted by Crippen LogP contribution is 2.24. The second-order valence-corrected chi connectivity index (χ2v) is 10.8. The van der Waals surface area contributed by atoms with Crippen LogP contribution < -0.4 is 4.80 Å². The zero-order valence-electron chi connectivity index (χ0n) is 17.7. The van der Waals surface area contributed by atoms with Gasteiger partial charge in [0, 0.05) is 31.3 Å². The van der Waals surface area contributed by atoms with Gasteiger partial charge in [0.25, 0.3) is 5.91 Å². The molecule has 32 heavy (non-hydrogen) atoms. The number of carbonyl (C=O) groups is 1. The van der Waals surface area contributed by atoms with Crippen LogP contribution in [0.5, 0.6) is 0 Å². The van der Waals surface area contributed by atoms with Gasteiger partial charge in [0.1, 0.15) is 5.82 Å². The maximum Gasteiger partial charge on any atom is 0.279 e. The number of aryl methyl sites for hydroxylation is 1. The number of benzene rings is 2. The number of amides is 1. The van der Waals surface area contributed by atoms with Gasteiger partial charge in [0.2, 0.25) is 10.0 Å². The van der Waals surface area contributed by atoms with Gasteiger partial charge in [-0.05, 0) is 56.0 Å². The Kier molecular flexibility index (Phi) is 6.28. The van der Waals surface area contributed by atoms with E-state index in [9.17, 15) is 22.0 Å². The van der Waals surface area contributed by atoms with E-state index in [1.807, 2.05) is 0 Å². The van der Waals surface area contributed by atoms with Gasteiger partial charge in [-0.3, -0.25) is 4.79 Å². The van der Waals surface area contributed by atoms with Crippen LogP contribution in [0.25, 0.3) is 10.2 Å². The van der Waals surface area contributed by atoms with E-state index in [1.54, 1.807) is 6.92 Å². The highest BCUT2D eigenvalue weighted by Gasteiger charge is 2.28. The SMILES string of the molecule is CCn1c(=NC(=O)c2ccc(S(=O)(=O)N3CCC(C)CC3)cc2)sc2cc(F)cc(F)c21. The minimum atomic E-state index is -3.61. The van der Waals surface area contributed by atoms with E-state index in [0.717, 1.165) is 30.2 Å². The Bertz CT molecular complexity index is 1340. The summed E-state index contributed by atoms with van der Waals surface area (Å²) in [5.74, 6) is -1.49. The van der Waals surface area contributed by atoms with Crippen molar-refractivity contribution in [2.24, 2.45) is 10.9 Å². The molecule has 1 aromatic heterocycles. The van der Waals surface area contributed by atoms with E-state index in [-0.39, 0.29) is 20.8 Å². The zero-order chi connectivity index (χ0) is 23.0. The molecule has 0 unspecified atom stereocenters. The number of halogens is 2. The lowest BCUT2D eigenvalue weighted by Crippen LogP contribution is -2.37. The number of thiazole rings is 1. The molecular weight excluding hydrogens is 456 g/mol. The predicted molar refractivity (Wildman–Crippen MR) is 119 cm³/mol. The molecule has 0 radical (unpaired) electrons. The van der Waals surface area contributed by atoms with Crippen molar-refractivity contribution in [1.82, 2.24) is 8.87 Å². The third kappa shape index (κ3) is 4.26. The van der Waals surface area contributed by atoms with Crippen LogP contribution in [0.2, 0.25) is 0 Å². The summed E-state index contributed by atoms with van der Waals surface area (Å²) in [5, 5.41) is 0. The smallest absolute Gasteiger partial charge is 0.279 e. The van der Waals surface area contributed by atoms with Crippen molar-refractivity contribution in [2.45, 2.75) is 38.1 Å². The highest BCUT2D eigenvalue weighted by atomic mass is 32.2. The number of piperidine rings is 1. The molecule has 2 aromatic carbocycles. The molecule has 1 fully saturated rings. The lowest BCUT2D eigenvalue weighted by molar-refractivity contribution is 0.0997. The summed E-state index contributed by atoms with van der Waals surface area (Å²) >= 11 is 1.02. The first kappa shape index (κ1) is 22.8. The molecule has 10 heteroatoms. The molecule has 0 saturated carbocycles. The number of hydrogen-bond donors (Lipinski definition) is 0. The molecule has 1 amide bonds. The number of carbonyl (C=O) groups excluding carboxylic acids is 1. The number of hydrogen-bond acceptors (Lipinski definition) is 4. The molecule has 6 nitrogen and oxygen atoms in total. The van der Waals surface area contributed by atoms with Crippen LogP contribution in [0.15, 0.2) is 46.3 Å². The van der Waals surface area contributed by atoms with Crippen molar-refractivity contribution >= 4 is 37.5 Å². The van der Waals surface area contributed by atoms with Crippen molar-refractivity contribution < 1.29 is 22.0 Å². The fraction of sp³-hybridized carbons (Fsp3) is 0.364. The molecule has 4 rings (SSSR count). The Morgan fingerprint density at radius 2 is 1.81 bits per heavy atom. The topological polar surface area (TPSA) is 71.7 Å². The molecular formula is C22H23F2N3O3S2. The van der Waals surface area contributed by atoms with Crippen molar-refractivity contribution in [2.75, 3.05) is 13.1 Å². The fourth-order valence-electron chi connectivity index (χ4n) is 3.80. The van der Waals surface area contributed by atoms with Gasteiger partial charge < -0.3 is 4.57 Å². The van der Waals surface area contributed by atoms with Gasteiger partial charge >= 0.3 is 0 Å².